The van der Waals surface area contributed by atoms with Gasteiger partial charge in [-0.15, -0.1) is 0 Å². The van der Waals surface area contributed by atoms with E-state index in [0.29, 0.717) is 18.3 Å². The lowest BCUT2D eigenvalue weighted by Crippen LogP contribution is -2.16. The third-order valence-electron chi connectivity index (χ3n) is 3.85. The predicted octanol–water partition coefficient (Wildman–Crippen LogP) is 1.79. The van der Waals surface area contributed by atoms with E-state index < -0.39 is 0 Å². The van der Waals surface area contributed by atoms with E-state index >= 15 is 0 Å². The van der Waals surface area contributed by atoms with Gasteiger partial charge in [-0.05, 0) is 30.4 Å². The number of nitrogens with two attached hydrogens (primary N) is 2. The Morgan fingerprint density at radius 1 is 1.21 bits per heavy atom. The molecule has 1 aromatic heterocycles. The monoisotopic (exact) mass is 254 g/mol. The summed E-state index contributed by atoms with van der Waals surface area (Å²) in [6.07, 6.45) is 4.93. The van der Waals surface area contributed by atoms with Crippen molar-refractivity contribution in [2.45, 2.75) is 31.7 Å². The minimum atomic E-state index is 0.365. The van der Waals surface area contributed by atoms with Crippen molar-refractivity contribution in [3.05, 3.63) is 53.0 Å². The van der Waals surface area contributed by atoms with Gasteiger partial charge in [0.2, 0.25) is 0 Å². The summed E-state index contributed by atoms with van der Waals surface area (Å²) in [5.41, 5.74) is 15.2. The first-order valence-electron chi connectivity index (χ1n) is 6.66. The van der Waals surface area contributed by atoms with Crippen LogP contribution in [0.3, 0.4) is 0 Å². The molecular formula is C15H18N4. The number of anilines is 1. The van der Waals surface area contributed by atoms with Gasteiger partial charge in [0.05, 0.1) is 0 Å². The highest BCUT2D eigenvalue weighted by Crippen LogP contribution is 2.31. The molecule has 4 N–H and O–H groups in total. The second-order valence-corrected chi connectivity index (χ2v) is 5.05. The van der Waals surface area contributed by atoms with E-state index in [2.05, 4.69) is 34.2 Å². The lowest BCUT2D eigenvalue weighted by atomic mass is 9.83. The quantitative estimate of drug-likeness (QED) is 0.856. The normalized spacial score (nSPS) is 18.1. The maximum absolute atomic E-state index is 5.90. The van der Waals surface area contributed by atoms with Crippen molar-refractivity contribution in [1.82, 2.24) is 9.97 Å². The van der Waals surface area contributed by atoms with Gasteiger partial charge in [0.15, 0.2) is 0 Å². The zero-order valence-electron chi connectivity index (χ0n) is 10.8. The van der Waals surface area contributed by atoms with Crippen LogP contribution in [0.25, 0.3) is 0 Å². The molecule has 0 amide bonds. The Bertz CT molecular complexity index is 594. The van der Waals surface area contributed by atoms with Crippen LogP contribution in [0.5, 0.6) is 0 Å². The minimum Gasteiger partial charge on any atom is -0.383 e. The topological polar surface area (TPSA) is 77.8 Å². The lowest BCUT2D eigenvalue weighted by Gasteiger charge is -2.23. The molecule has 0 spiro atoms. The first-order chi connectivity index (χ1) is 9.28. The van der Waals surface area contributed by atoms with E-state index in [1.165, 1.54) is 11.1 Å². The molecule has 0 aliphatic heterocycles. The molecule has 0 saturated heterocycles. The third kappa shape index (κ3) is 2.31. The van der Waals surface area contributed by atoms with E-state index in [-0.39, 0.29) is 0 Å². The number of nitrogens with zero attached hydrogens (tertiary/aromatic N) is 2. The molecule has 4 heteroatoms. The van der Waals surface area contributed by atoms with Crippen LogP contribution in [-0.2, 0) is 19.4 Å². The molecule has 4 nitrogen and oxygen atoms in total. The van der Waals surface area contributed by atoms with Crippen LogP contribution in [0.4, 0.5) is 5.82 Å². The summed E-state index contributed by atoms with van der Waals surface area (Å²) in [5, 5.41) is 0. The second kappa shape index (κ2) is 4.97. The molecule has 1 aliphatic rings. The number of nitrogen functional groups attached to an aromatic ring is 1. The SMILES string of the molecule is NCc1cnc(C2CCc3ccccc3C2)nc1N. The van der Waals surface area contributed by atoms with Gasteiger partial charge in [-0.1, -0.05) is 24.3 Å². The van der Waals surface area contributed by atoms with E-state index in [4.69, 9.17) is 11.5 Å². The van der Waals surface area contributed by atoms with E-state index in [9.17, 15) is 0 Å². The van der Waals surface area contributed by atoms with Gasteiger partial charge < -0.3 is 11.5 Å². The number of aromatic nitrogens is 2. The van der Waals surface area contributed by atoms with E-state index in [1.54, 1.807) is 6.20 Å². The summed E-state index contributed by atoms with van der Waals surface area (Å²) >= 11 is 0. The van der Waals surface area contributed by atoms with E-state index in [1.807, 2.05) is 0 Å². The van der Waals surface area contributed by atoms with Gasteiger partial charge in [0.1, 0.15) is 11.6 Å². The van der Waals surface area contributed by atoms with Crippen LogP contribution in [0, 0.1) is 0 Å². The Morgan fingerprint density at radius 3 is 2.74 bits per heavy atom. The predicted molar refractivity (Wildman–Crippen MR) is 75.5 cm³/mol. The molecule has 1 aromatic carbocycles. The van der Waals surface area contributed by atoms with Crippen LogP contribution in [0.2, 0.25) is 0 Å². The molecule has 0 saturated carbocycles. The van der Waals surface area contributed by atoms with Crippen molar-refractivity contribution >= 4 is 5.82 Å². The van der Waals surface area contributed by atoms with Crippen molar-refractivity contribution in [1.29, 1.82) is 0 Å². The first kappa shape index (κ1) is 12.1. The Morgan fingerprint density at radius 2 is 2.00 bits per heavy atom. The van der Waals surface area contributed by atoms with Crippen LogP contribution in [0.1, 0.15) is 34.9 Å². The van der Waals surface area contributed by atoms with Crippen LogP contribution < -0.4 is 11.5 Å². The number of aryl methyl sites for hydroxylation is 1. The molecule has 1 unspecified atom stereocenters. The molecule has 1 atom stereocenters. The van der Waals surface area contributed by atoms with Crippen molar-refractivity contribution in [3.63, 3.8) is 0 Å². The Kier molecular flexibility index (Phi) is 3.17. The van der Waals surface area contributed by atoms with Crippen molar-refractivity contribution in [2.75, 3.05) is 5.73 Å². The summed E-state index contributed by atoms with van der Waals surface area (Å²) in [6.45, 7) is 0.389. The standard InChI is InChI=1S/C15H18N4/c16-8-13-9-18-15(19-14(13)17)12-6-5-10-3-1-2-4-11(10)7-12/h1-4,9,12H,5-8,16H2,(H2,17,18,19). The fraction of sp³-hybridized carbons (Fsp3) is 0.333. The summed E-state index contributed by atoms with van der Waals surface area (Å²) in [6, 6.07) is 8.59. The first-order valence-corrected chi connectivity index (χ1v) is 6.66. The molecule has 0 radical (unpaired) electrons. The van der Waals surface area contributed by atoms with Gasteiger partial charge in [0, 0.05) is 24.2 Å². The van der Waals surface area contributed by atoms with Gasteiger partial charge in [-0.3, -0.25) is 0 Å². The highest BCUT2D eigenvalue weighted by molar-refractivity contribution is 5.38. The van der Waals surface area contributed by atoms with Gasteiger partial charge >= 0.3 is 0 Å². The Labute approximate surface area is 112 Å². The number of hydrogen-bond acceptors (Lipinski definition) is 4. The molecule has 0 bridgehead atoms. The highest BCUT2D eigenvalue weighted by Gasteiger charge is 2.22. The molecule has 98 valence electrons. The molecule has 0 fully saturated rings. The van der Waals surface area contributed by atoms with Crippen molar-refractivity contribution in [2.24, 2.45) is 5.73 Å². The average Bonchev–Trinajstić information content (AvgIpc) is 2.46. The summed E-state index contributed by atoms with van der Waals surface area (Å²) < 4.78 is 0. The number of fused-ring (bicyclic) bond motifs is 1. The highest BCUT2D eigenvalue weighted by atomic mass is 15.0. The smallest absolute Gasteiger partial charge is 0.134 e. The van der Waals surface area contributed by atoms with Crippen molar-refractivity contribution in [3.8, 4) is 0 Å². The van der Waals surface area contributed by atoms with Crippen LogP contribution >= 0.6 is 0 Å². The maximum atomic E-state index is 5.90. The Balaban J connectivity index is 1.87. The minimum absolute atomic E-state index is 0.365. The largest absolute Gasteiger partial charge is 0.383 e. The van der Waals surface area contributed by atoms with Gasteiger partial charge in [0.25, 0.3) is 0 Å². The van der Waals surface area contributed by atoms with E-state index in [0.717, 1.165) is 30.7 Å². The van der Waals surface area contributed by atoms with Crippen LogP contribution in [0.15, 0.2) is 30.5 Å². The summed E-state index contributed by atoms with van der Waals surface area (Å²) in [5.74, 6) is 1.74. The lowest BCUT2D eigenvalue weighted by molar-refractivity contribution is 0.555. The molecule has 2 aromatic rings. The maximum Gasteiger partial charge on any atom is 0.134 e. The number of rotatable bonds is 2. The molecule has 1 heterocycles. The van der Waals surface area contributed by atoms with Gasteiger partial charge in [-0.2, -0.15) is 0 Å². The molecule has 19 heavy (non-hydrogen) atoms. The van der Waals surface area contributed by atoms with Crippen molar-refractivity contribution < 1.29 is 0 Å². The zero-order chi connectivity index (χ0) is 13.2. The number of hydrogen-bond donors (Lipinski definition) is 2. The second-order valence-electron chi connectivity index (χ2n) is 5.05. The number of benzene rings is 1. The molecular weight excluding hydrogens is 236 g/mol. The average molecular weight is 254 g/mol. The molecule has 3 rings (SSSR count). The zero-order valence-corrected chi connectivity index (χ0v) is 10.8. The fourth-order valence-electron chi connectivity index (χ4n) is 2.71. The molecule has 1 aliphatic carbocycles. The van der Waals surface area contributed by atoms with Crippen LogP contribution in [-0.4, -0.2) is 9.97 Å². The Hall–Kier alpha value is -1.94. The third-order valence-corrected chi connectivity index (χ3v) is 3.85. The summed E-state index contributed by atoms with van der Waals surface area (Å²) in [4.78, 5) is 8.86. The fourth-order valence-corrected chi connectivity index (χ4v) is 2.71. The van der Waals surface area contributed by atoms with Gasteiger partial charge in [-0.25, -0.2) is 9.97 Å². The summed E-state index contributed by atoms with van der Waals surface area (Å²) in [7, 11) is 0.